The summed E-state index contributed by atoms with van der Waals surface area (Å²) in [6.07, 6.45) is 1.53. The van der Waals surface area contributed by atoms with Gasteiger partial charge in [0.2, 0.25) is 0 Å². The summed E-state index contributed by atoms with van der Waals surface area (Å²) in [5.41, 5.74) is 1.03. The molecule has 0 atom stereocenters. The normalized spacial score (nSPS) is 10.7. The number of hydrogen-bond donors (Lipinski definition) is 1. The number of halogens is 2. The lowest BCUT2D eigenvalue weighted by molar-refractivity contribution is 0.459. The minimum atomic E-state index is -0.537. The SMILES string of the molecule is O=c1c(O)cc(-c2ccccc2F)cn1Cc1cccc(Cl)c1. The first kappa shape index (κ1) is 15.3. The van der Waals surface area contributed by atoms with E-state index in [0.29, 0.717) is 16.1 Å². The van der Waals surface area contributed by atoms with E-state index in [1.807, 2.05) is 6.07 Å². The summed E-state index contributed by atoms with van der Waals surface area (Å²) in [6, 6.07) is 14.6. The van der Waals surface area contributed by atoms with Gasteiger partial charge in [0.05, 0.1) is 6.54 Å². The van der Waals surface area contributed by atoms with Gasteiger partial charge in [-0.15, -0.1) is 0 Å². The highest BCUT2D eigenvalue weighted by molar-refractivity contribution is 6.30. The van der Waals surface area contributed by atoms with Gasteiger partial charge in [0.15, 0.2) is 5.75 Å². The molecule has 0 aliphatic heterocycles. The fraction of sp³-hybridized carbons (Fsp3) is 0.0556. The van der Waals surface area contributed by atoms with Crippen molar-refractivity contribution >= 4 is 11.6 Å². The van der Waals surface area contributed by atoms with Crippen LogP contribution in [-0.4, -0.2) is 9.67 Å². The number of aromatic nitrogens is 1. The van der Waals surface area contributed by atoms with Crippen LogP contribution in [0.15, 0.2) is 65.6 Å². The summed E-state index contributed by atoms with van der Waals surface area (Å²) in [4.78, 5) is 12.1. The van der Waals surface area contributed by atoms with Crippen LogP contribution in [0, 0.1) is 5.82 Å². The van der Waals surface area contributed by atoms with Crippen LogP contribution in [0.1, 0.15) is 5.56 Å². The van der Waals surface area contributed by atoms with Crippen molar-refractivity contribution in [1.29, 1.82) is 0 Å². The van der Waals surface area contributed by atoms with E-state index < -0.39 is 17.1 Å². The van der Waals surface area contributed by atoms with E-state index in [-0.39, 0.29) is 6.54 Å². The lowest BCUT2D eigenvalue weighted by Crippen LogP contribution is -2.20. The Balaban J connectivity index is 2.07. The van der Waals surface area contributed by atoms with Crippen molar-refractivity contribution in [1.82, 2.24) is 4.57 Å². The van der Waals surface area contributed by atoms with Crippen LogP contribution in [0.3, 0.4) is 0 Å². The van der Waals surface area contributed by atoms with E-state index in [4.69, 9.17) is 11.6 Å². The fourth-order valence-corrected chi connectivity index (χ4v) is 2.62. The van der Waals surface area contributed by atoms with E-state index in [0.717, 1.165) is 5.56 Å². The fourth-order valence-electron chi connectivity index (χ4n) is 2.41. The molecule has 1 N–H and O–H groups in total. The second-order valence-corrected chi connectivity index (χ2v) is 5.59. The predicted molar refractivity (Wildman–Crippen MR) is 88.3 cm³/mol. The summed E-state index contributed by atoms with van der Waals surface area (Å²) in [5, 5.41) is 10.4. The van der Waals surface area contributed by atoms with Crippen LogP contribution in [0.25, 0.3) is 11.1 Å². The van der Waals surface area contributed by atoms with Gasteiger partial charge in [-0.05, 0) is 29.8 Å². The lowest BCUT2D eigenvalue weighted by atomic mass is 10.1. The molecule has 23 heavy (non-hydrogen) atoms. The van der Waals surface area contributed by atoms with Crippen LogP contribution < -0.4 is 5.56 Å². The Kier molecular flexibility index (Phi) is 4.17. The Morgan fingerprint density at radius 1 is 1.09 bits per heavy atom. The molecule has 0 fully saturated rings. The molecule has 3 aromatic rings. The van der Waals surface area contributed by atoms with Crippen molar-refractivity contribution in [3.8, 4) is 16.9 Å². The first-order chi connectivity index (χ1) is 11.0. The molecule has 1 aromatic heterocycles. The highest BCUT2D eigenvalue weighted by Gasteiger charge is 2.10. The predicted octanol–water partition coefficient (Wildman–Crippen LogP) is 4.06. The van der Waals surface area contributed by atoms with Crippen molar-refractivity contribution in [3.05, 3.63) is 87.6 Å². The molecule has 0 aliphatic rings. The topological polar surface area (TPSA) is 42.2 Å². The first-order valence-corrected chi connectivity index (χ1v) is 7.35. The quantitative estimate of drug-likeness (QED) is 0.787. The molecule has 2 aromatic carbocycles. The van der Waals surface area contributed by atoms with Gasteiger partial charge in [0.1, 0.15) is 5.82 Å². The maximum Gasteiger partial charge on any atom is 0.292 e. The molecule has 0 unspecified atom stereocenters. The molecular formula is C18H13ClFNO2. The van der Waals surface area contributed by atoms with E-state index in [1.54, 1.807) is 36.4 Å². The molecule has 116 valence electrons. The number of aromatic hydroxyl groups is 1. The van der Waals surface area contributed by atoms with Crippen molar-refractivity contribution in [2.24, 2.45) is 0 Å². The van der Waals surface area contributed by atoms with Crippen LogP contribution in [-0.2, 0) is 6.54 Å². The van der Waals surface area contributed by atoms with Gasteiger partial charge >= 0.3 is 0 Å². The second-order valence-electron chi connectivity index (χ2n) is 5.16. The number of benzene rings is 2. The highest BCUT2D eigenvalue weighted by atomic mass is 35.5. The summed E-state index contributed by atoms with van der Waals surface area (Å²) in [6.45, 7) is 0.231. The minimum absolute atomic E-state index is 0.231. The molecule has 0 saturated heterocycles. The van der Waals surface area contributed by atoms with Gasteiger partial charge in [0.25, 0.3) is 5.56 Å². The summed E-state index contributed by atoms with van der Waals surface area (Å²) in [5.74, 6) is -0.840. The summed E-state index contributed by atoms with van der Waals surface area (Å²) in [7, 11) is 0. The number of nitrogens with zero attached hydrogens (tertiary/aromatic N) is 1. The van der Waals surface area contributed by atoms with E-state index in [2.05, 4.69) is 0 Å². The molecule has 0 aliphatic carbocycles. The Hall–Kier alpha value is -2.59. The molecule has 3 nitrogen and oxygen atoms in total. The van der Waals surface area contributed by atoms with Crippen molar-refractivity contribution < 1.29 is 9.50 Å². The van der Waals surface area contributed by atoms with Crippen LogP contribution in [0.5, 0.6) is 5.75 Å². The van der Waals surface area contributed by atoms with Crippen LogP contribution >= 0.6 is 11.6 Å². The van der Waals surface area contributed by atoms with E-state index in [9.17, 15) is 14.3 Å². The second kappa shape index (κ2) is 6.26. The van der Waals surface area contributed by atoms with Crippen molar-refractivity contribution in [2.75, 3.05) is 0 Å². The van der Waals surface area contributed by atoms with Gasteiger partial charge in [-0.1, -0.05) is 41.9 Å². The third kappa shape index (κ3) is 3.27. The molecule has 0 radical (unpaired) electrons. The Bertz CT molecular complexity index is 921. The molecular weight excluding hydrogens is 317 g/mol. The molecule has 0 amide bonds. The zero-order valence-electron chi connectivity index (χ0n) is 12.0. The number of hydrogen-bond acceptors (Lipinski definition) is 2. The van der Waals surface area contributed by atoms with Crippen LogP contribution in [0.2, 0.25) is 5.02 Å². The Morgan fingerprint density at radius 2 is 1.87 bits per heavy atom. The molecule has 0 saturated carbocycles. The Labute approximate surface area is 137 Å². The monoisotopic (exact) mass is 329 g/mol. The van der Waals surface area contributed by atoms with Gasteiger partial charge in [-0.2, -0.15) is 0 Å². The third-order valence-corrected chi connectivity index (χ3v) is 3.73. The van der Waals surface area contributed by atoms with Gasteiger partial charge in [0, 0.05) is 22.3 Å². The Morgan fingerprint density at radius 3 is 2.61 bits per heavy atom. The number of rotatable bonds is 3. The summed E-state index contributed by atoms with van der Waals surface area (Å²) >= 11 is 5.94. The summed E-state index contributed by atoms with van der Waals surface area (Å²) < 4.78 is 15.3. The van der Waals surface area contributed by atoms with E-state index in [1.165, 1.54) is 22.9 Å². The first-order valence-electron chi connectivity index (χ1n) is 6.97. The molecule has 5 heteroatoms. The van der Waals surface area contributed by atoms with Crippen molar-refractivity contribution in [3.63, 3.8) is 0 Å². The lowest BCUT2D eigenvalue weighted by Gasteiger charge is -2.11. The van der Waals surface area contributed by atoms with Gasteiger partial charge < -0.3 is 9.67 Å². The molecule has 3 rings (SSSR count). The zero-order valence-corrected chi connectivity index (χ0v) is 12.8. The zero-order chi connectivity index (χ0) is 16.4. The van der Waals surface area contributed by atoms with Crippen molar-refractivity contribution in [2.45, 2.75) is 6.54 Å². The smallest absolute Gasteiger partial charge is 0.292 e. The largest absolute Gasteiger partial charge is 0.503 e. The standard InChI is InChI=1S/C18H13ClFNO2/c19-14-5-3-4-12(8-14)10-21-11-13(9-17(22)18(21)23)15-6-1-2-7-16(15)20/h1-9,11,22H,10H2. The van der Waals surface area contributed by atoms with Gasteiger partial charge in [-0.25, -0.2) is 4.39 Å². The number of pyridine rings is 1. The van der Waals surface area contributed by atoms with Gasteiger partial charge in [-0.3, -0.25) is 4.79 Å². The maximum atomic E-state index is 13.9. The van der Waals surface area contributed by atoms with Crippen LogP contribution in [0.4, 0.5) is 4.39 Å². The average molecular weight is 330 g/mol. The van der Waals surface area contributed by atoms with E-state index >= 15 is 0 Å². The third-order valence-electron chi connectivity index (χ3n) is 3.49. The molecule has 1 heterocycles. The minimum Gasteiger partial charge on any atom is -0.503 e. The average Bonchev–Trinajstić information content (AvgIpc) is 2.52. The highest BCUT2D eigenvalue weighted by Crippen LogP contribution is 2.24. The molecule has 0 bridgehead atoms. The maximum absolute atomic E-state index is 13.9. The molecule has 0 spiro atoms.